The van der Waals surface area contributed by atoms with E-state index in [1.165, 1.54) is 0 Å². The highest BCUT2D eigenvalue weighted by molar-refractivity contribution is 5.82. The van der Waals surface area contributed by atoms with E-state index in [-0.39, 0.29) is 0 Å². The number of benzene rings is 3. The van der Waals surface area contributed by atoms with Crippen LogP contribution in [0.2, 0.25) is 0 Å². The molecule has 0 radical (unpaired) electrons. The summed E-state index contributed by atoms with van der Waals surface area (Å²) < 4.78 is 17.0. The smallest absolute Gasteiger partial charge is 0.220 e. The van der Waals surface area contributed by atoms with Gasteiger partial charge in [-0.05, 0) is 42.3 Å². The van der Waals surface area contributed by atoms with Crippen LogP contribution in [0.5, 0.6) is 11.5 Å². The van der Waals surface area contributed by atoms with Crippen molar-refractivity contribution >= 4 is 23.3 Å². The summed E-state index contributed by atoms with van der Waals surface area (Å²) in [6.07, 6.45) is 3.76. The predicted molar refractivity (Wildman–Crippen MR) is 113 cm³/mol. The van der Waals surface area contributed by atoms with Crippen LogP contribution in [0.3, 0.4) is 0 Å². The largest absolute Gasteiger partial charge is 0.492 e. The van der Waals surface area contributed by atoms with Gasteiger partial charge >= 0.3 is 0 Å². The van der Waals surface area contributed by atoms with E-state index in [2.05, 4.69) is 17.1 Å². The van der Waals surface area contributed by atoms with Crippen LogP contribution in [-0.4, -0.2) is 18.7 Å². The molecule has 140 valence electrons. The van der Waals surface area contributed by atoms with Crippen molar-refractivity contribution in [2.24, 2.45) is 0 Å². The molecule has 0 saturated carbocycles. The first-order valence-electron chi connectivity index (χ1n) is 9.22. The van der Waals surface area contributed by atoms with Crippen molar-refractivity contribution in [2.45, 2.75) is 6.92 Å². The topological polar surface area (TPSA) is 44.5 Å². The lowest BCUT2D eigenvalue weighted by Gasteiger charge is -2.11. The summed E-state index contributed by atoms with van der Waals surface area (Å²) in [6, 6.07) is 22.1. The van der Waals surface area contributed by atoms with Gasteiger partial charge in [0.05, 0.1) is 13.7 Å². The fraction of sp³-hybridized carbons (Fsp3) is 0.125. The van der Waals surface area contributed by atoms with E-state index in [0.717, 1.165) is 33.5 Å². The Balaban J connectivity index is 1.64. The Morgan fingerprint density at radius 1 is 0.929 bits per heavy atom. The van der Waals surface area contributed by atoms with Gasteiger partial charge in [-0.2, -0.15) is 0 Å². The Morgan fingerprint density at radius 3 is 2.57 bits per heavy atom. The van der Waals surface area contributed by atoms with E-state index in [0.29, 0.717) is 18.2 Å². The van der Waals surface area contributed by atoms with Gasteiger partial charge in [0, 0.05) is 11.6 Å². The summed E-state index contributed by atoms with van der Waals surface area (Å²) in [5.74, 6) is 1.96. The second kappa shape index (κ2) is 8.01. The third kappa shape index (κ3) is 3.62. The average Bonchev–Trinajstić information content (AvgIpc) is 3.15. The van der Waals surface area contributed by atoms with Crippen LogP contribution in [0, 0.1) is 0 Å². The van der Waals surface area contributed by atoms with Crippen LogP contribution >= 0.6 is 0 Å². The standard InChI is InChI=1S/C24H21NO3/c1-3-27-22-11-7-10-18(24(22)26-2)13-15-23-25-20-16-19(12-14-21(20)28-23)17-8-5-4-6-9-17/h4-16H,3H2,1-2H3/b15-13+. The van der Waals surface area contributed by atoms with Gasteiger partial charge in [0.25, 0.3) is 0 Å². The maximum atomic E-state index is 5.86. The van der Waals surface area contributed by atoms with E-state index in [4.69, 9.17) is 13.9 Å². The van der Waals surface area contributed by atoms with Crippen molar-refractivity contribution in [1.29, 1.82) is 0 Å². The first-order valence-corrected chi connectivity index (χ1v) is 9.22. The number of fused-ring (bicyclic) bond motifs is 1. The summed E-state index contributed by atoms with van der Waals surface area (Å²) in [5.41, 5.74) is 4.76. The lowest BCUT2D eigenvalue weighted by Crippen LogP contribution is -1.96. The summed E-state index contributed by atoms with van der Waals surface area (Å²) in [4.78, 5) is 4.60. The number of methoxy groups -OCH3 is 1. The highest BCUT2D eigenvalue weighted by Crippen LogP contribution is 2.32. The normalized spacial score (nSPS) is 11.2. The molecule has 0 aliphatic carbocycles. The van der Waals surface area contributed by atoms with Crippen LogP contribution < -0.4 is 9.47 Å². The molecule has 0 bridgehead atoms. The number of rotatable bonds is 6. The molecule has 28 heavy (non-hydrogen) atoms. The average molecular weight is 371 g/mol. The van der Waals surface area contributed by atoms with Crippen LogP contribution in [0.4, 0.5) is 0 Å². The van der Waals surface area contributed by atoms with Crippen molar-refractivity contribution in [1.82, 2.24) is 4.98 Å². The van der Waals surface area contributed by atoms with E-state index in [1.807, 2.05) is 73.7 Å². The molecule has 0 spiro atoms. The zero-order valence-corrected chi connectivity index (χ0v) is 15.9. The molecule has 4 nitrogen and oxygen atoms in total. The maximum absolute atomic E-state index is 5.86. The van der Waals surface area contributed by atoms with Crippen molar-refractivity contribution in [3.05, 3.63) is 78.2 Å². The first kappa shape index (κ1) is 17.9. The van der Waals surface area contributed by atoms with Gasteiger partial charge in [-0.25, -0.2) is 4.98 Å². The lowest BCUT2D eigenvalue weighted by atomic mass is 10.1. The van der Waals surface area contributed by atoms with Gasteiger partial charge in [0.15, 0.2) is 17.1 Å². The lowest BCUT2D eigenvalue weighted by molar-refractivity contribution is 0.310. The van der Waals surface area contributed by atoms with Gasteiger partial charge < -0.3 is 13.9 Å². The molecule has 0 saturated heterocycles. The molecule has 0 aliphatic heterocycles. The fourth-order valence-corrected chi connectivity index (χ4v) is 3.14. The molecular weight excluding hydrogens is 350 g/mol. The molecule has 0 fully saturated rings. The van der Waals surface area contributed by atoms with Crippen molar-refractivity contribution in [3.8, 4) is 22.6 Å². The van der Waals surface area contributed by atoms with Gasteiger partial charge in [0.1, 0.15) is 5.52 Å². The van der Waals surface area contributed by atoms with E-state index < -0.39 is 0 Å². The van der Waals surface area contributed by atoms with Gasteiger partial charge in [-0.1, -0.05) is 48.5 Å². The Morgan fingerprint density at radius 2 is 1.79 bits per heavy atom. The molecule has 4 rings (SSSR count). The van der Waals surface area contributed by atoms with Crippen molar-refractivity contribution in [2.75, 3.05) is 13.7 Å². The highest BCUT2D eigenvalue weighted by atomic mass is 16.5. The maximum Gasteiger partial charge on any atom is 0.220 e. The molecular formula is C24H21NO3. The number of hydrogen-bond donors (Lipinski definition) is 0. The van der Waals surface area contributed by atoms with Crippen molar-refractivity contribution in [3.63, 3.8) is 0 Å². The Labute approximate surface area is 164 Å². The molecule has 3 aromatic carbocycles. The molecule has 4 aromatic rings. The van der Waals surface area contributed by atoms with Crippen LogP contribution in [0.15, 0.2) is 71.1 Å². The summed E-state index contributed by atoms with van der Waals surface area (Å²) in [5, 5.41) is 0. The zero-order valence-electron chi connectivity index (χ0n) is 15.9. The second-order valence-corrected chi connectivity index (χ2v) is 6.25. The van der Waals surface area contributed by atoms with Gasteiger partial charge in [-0.15, -0.1) is 0 Å². The van der Waals surface area contributed by atoms with Crippen LogP contribution in [0.1, 0.15) is 18.4 Å². The van der Waals surface area contributed by atoms with Crippen LogP contribution in [0.25, 0.3) is 34.4 Å². The third-order valence-electron chi connectivity index (χ3n) is 4.43. The summed E-state index contributed by atoms with van der Waals surface area (Å²) in [6.45, 7) is 2.53. The first-order chi connectivity index (χ1) is 13.8. The van der Waals surface area contributed by atoms with E-state index >= 15 is 0 Å². The summed E-state index contributed by atoms with van der Waals surface area (Å²) in [7, 11) is 1.64. The molecule has 1 heterocycles. The zero-order chi connectivity index (χ0) is 19.3. The van der Waals surface area contributed by atoms with Crippen LogP contribution in [-0.2, 0) is 0 Å². The van der Waals surface area contributed by atoms with E-state index in [9.17, 15) is 0 Å². The minimum absolute atomic E-state index is 0.545. The molecule has 0 aliphatic rings. The number of hydrogen-bond acceptors (Lipinski definition) is 4. The number of oxazole rings is 1. The Hall–Kier alpha value is -3.53. The number of nitrogens with zero attached hydrogens (tertiary/aromatic N) is 1. The summed E-state index contributed by atoms with van der Waals surface area (Å²) >= 11 is 0. The van der Waals surface area contributed by atoms with Crippen molar-refractivity contribution < 1.29 is 13.9 Å². The van der Waals surface area contributed by atoms with Gasteiger partial charge in [0.2, 0.25) is 5.89 Å². The number of aromatic nitrogens is 1. The number of para-hydroxylation sites is 1. The molecule has 0 N–H and O–H groups in total. The third-order valence-corrected chi connectivity index (χ3v) is 4.43. The quantitative estimate of drug-likeness (QED) is 0.412. The van der Waals surface area contributed by atoms with Gasteiger partial charge in [-0.3, -0.25) is 0 Å². The number of ether oxygens (including phenoxy) is 2. The fourth-order valence-electron chi connectivity index (χ4n) is 3.14. The predicted octanol–water partition coefficient (Wildman–Crippen LogP) is 6.07. The minimum Gasteiger partial charge on any atom is -0.492 e. The molecule has 4 heteroatoms. The Kier molecular flexibility index (Phi) is 5.11. The second-order valence-electron chi connectivity index (χ2n) is 6.25. The monoisotopic (exact) mass is 371 g/mol. The molecule has 1 aromatic heterocycles. The SMILES string of the molecule is CCOc1cccc(/C=C/c2nc3cc(-c4ccccc4)ccc3o2)c1OC. The Bertz CT molecular complexity index is 1110. The highest BCUT2D eigenvalue weighted by Gasteiger charge is 2.09. The molecule has 0 amide bonds. The minimum atomic E-state index is 0.545. The van der Waals surface area contributed by atoms with E-state index in [1.54, 1.807) is 7.11 Å². The molecule has 0 unspecified atom stereocenters. The molecule has 0 atom stereocenters.